The lowest BCUT2D eigenvalue weighted by atomic mass is 10.2. The molecule has 0 aliphatic carbocycles. The van der Waals surface area contributed by atoms with Crippen LogP contribution in [0.15, 0.2) is 35.2 Å². The van der Waals surface area contributed by atoms with Crippen LogP contribution in [0.2, 0.25) is 5.02 Å². The number of methoxy groups -OCH3 is 3. The normalized spacial score (nSPS) is 10.9. The van der Waals surface area contributed by atoms with E-state index in [0.717, 1.165) is 0 Å². The third-order valence-corrected chi connectivity index (χ3v) is 5.44. The maximum atomic E-state index is 12.9. The number of rotatable bonds is 8. The van der Waals surface area contributed by atoms with E-state index in [4.69, 9.17) is 25.8 Å². The van der Waals surface area contributed by atoms with E-state index in [0.29, 0.717) is 6.54 Å². The summed E-state index contributed by atoms with van der Waals surface area (Å²) in [5.41, 5.74) is 0.243. The number of hydrogen-bond acceptors (Lipinski definition) is 6. The van der Waals surface area contributed by atoms with Gasteiger partial charge in [0.1, 0.15) is 17.2 Å². The van der Waals surface area contributed by atoms with Crippen LogP contribution in [0.5, 0.6) is 17.2 Å². The first-order valence-electron chi connectivity index (χ1n) is 8.18. The molecule has 2 aromatic carbocycles. The van der Waals surface area contributed by atoms with Crippen LogP contribution in [0.25, 0.3) is 0 Å². The summed E-state index contributed by atoms with van der Waals surface area (Å²) in [5, 5.41) is 2.89. The number of carbonyl (C=O) groups excluding carboxylic acids is 1. The summed E-state index contributed by atoms with van der Waals surface area (Å²) in [5.74, 6) is 0.308. The molecule has 0 bridgehead atoms. The standard InChI is InChI=1S/C18H21ClN2O6S/c1-5-20-18(22)12-8-11(6-7-15(12)25-2)28(23,24)21-14-10-16(26-3)13(19)9-17(14)27-4/h6-10,21H,5H2,1-4H3,(H,20,22). The van der Waals surface area contributed by atoms with Gasteiger partial charge in [0.25, 0.3) is 15.9 Å². The van der Waals surface area contributed by atoms with Crippen molar-refractivity contribution >= 4 is 33.2 Å². The van der Waals surface area contributed by atoms with Crippen LogP contribution in [0.3, 0.4) is 0 Å². The van der Waals surface area contributed by atoms with E-state index < -0.39 is 15.9 Å². The van der Waals surface area contributed by atoms with Gasteiger partial charge in [0.05, 0.1) is 42.5 Å². The predicted octanol–water partition coefficient (Wildman–Crippen LogP) is 2.92. The molecular formula is C18H21ClN2O6S. The Labute approximate surface area is 168 Å². The molecule has 0 radical (unpaired) electrons. The molecule has 0 atom stereocenters. The fourth-order valence-corrected chi connectivity index (χ4v) is 3.75. The maximum Gasteiger partial charge on any atom is 0.262 e. The molecule has 0 saturated heterocycles. The minimum Gasteiger partial charge on any atom is -0.496 e. The number of amides is 1. The van der Waals surface area contributed by atoms with Crippen molar-refractivity contribution in [3.05, 3.63) is 40.9 Å². The Morgan fingerprint density at radius 2 is 1.64 bits per heavy atom. The molecule has 2 rings (SSSR count). The van der Waals surface area contributed by atoms with E-state index in [2.05, 4.69) is 10.0 Å². The highest BCUT2D eigenvalue weighted by atomic mass is 35.5. The summed E-state index contributed by atoms with van der Waals surface area (Å²) in [4.78, 5) is 12.1. The smallest absolute Gasteiger partial charge is 0.262 e. The van der Waals surface area contributed by atoms with Crippen molar-refractivity contribution in [2.24, 2.45) is 0 Å². The first-order chi connectivity index (χ1) is 13.3. The van der Waals surface area contributed by atoms with E-state index in [1.807, 2.05) is 0 Å². The Bertz CT molecular complexity index is 978. The van der Waals surface area contributed by atoms with Crippen LogP contribution in [-0.2, 0) is 10.0 Å². The summed E-state index contributed by atoms with van der Waals surface area (Å²) in [7, 11) is 0.150. The fourth-order valence-electron chi connectivity index (χ4n) is 2.43. The highest BCUT2D eigenvalue weighted by Crippen LogP contribution is 2.37. The zero-order valence-corrected chi connectivity index (χ0v) is 17.4. The van der Waals surface area contributed by atoms with Crippen molar-refractivity contribution in [1.82, 2.24) is 5.32 Å². The second-order valence-electron chi connectivity index (χ2n) is 5.51. The second-order valence-corrected chi connectivity index (χ2v) is 7.60. The van der Waals surface area contributed by atoms with E-state index >= 15 is 0 Å². The summed E-state index contributed by atoms with van der Waals surface area (Å²) in [6, 6.07) is 6.84. The molecule has 0 fully saturated rings. The summed E-state index contributed by atoms with van der Waals surface area (Å²) < 4.78 is 43.6. The number of ether oxygens (including phenoxy) is 3. The predicted molar refractivity (Wildman–Crippen MR) is 106 cm³/mol. The van der Waals surface area contributed by atoms with E-state index in [1.165, 1.54) is 51.7 Å². The highest BCUT2D eigenvalue weighted by molar-refractivity contribution is 7.92. The van der Waals surface area contributed by atoms with Crippen LogP contribution < -0.4 is 24.2 Å². The average Bonchev–Trinajstić information content (AvgIpc) is 2.68. The lowest BCUT2D eigenvalue weighted by Crippen LogP contribution is -2.24. The Morgan fingerprint density at radius 1 is 1.00 bits per heavy atom. The Balaban J connectivity index is 2.48. The largest absolute Gasteiger partial charge is 0.496 e. The minimum atomic E-state index is -4.04. The van der Waals surface area contributed by atoms with Gasteiger partial charge in [-0.3, -0.25) is 9.52 Å². The molecule has 2 N–H and O–H groups in total. The lowest BCUT2D eigenvalue weighted by molar-refractivity contribution is 0.0952. The summed E-state index contributed by atoms with van der Waals surface area (Å²) >= 11 is 6.05. The molecule has 0 heterocycles. The Morgan fingerprint density at radius 3 is 2.21 bits per heavy atom. The topological polar surface area (TPSA) is 103 Å². The molecule has 0 saturated carbocycles. The number of sulfonamides is 1. The summed E-state index contributed by atoms with van der Waals surface area (Å²) in [6.45, 7) is 2.14. The van der Waals surface area contributed by atoms with Crippen molar-refractivity contribution in [2.75, 3.05) is 32.6 Å². The molecule has 8 nitrogen and oxygen atoms in total. The Kier molecular flexibility index (Phi) is 6.98. The van der Waals surface area contributed by atoms with Crippen LogP contribution in [0, 0.1) is 0 Å². The van der Waals surface area contributed by atoms with Crippen LogP contribution >= 0.6 is 11.6 Å². The molecule has 10 heteroatoms. The zero-order chi connectivity index (χ0) is 20.9. The van der Waals surface area contributed by atoms with Crippen molar-refractivity contribution in [1.29, 1.82) is 0 Å². The molecule has 0 aliphatic rings. The summed E-state index contributed by atoms with van der Waals surface area (Å²) in [6.07, 6.45) is 0. The second kappa shape index (κ2) is 9.03. The SMILES string of the molecule is CCNC(=O)c1cc(S(=O)(=O)Nc2cc(OC)c(Cl)cc2OC)ccc1OC. The zero-order valence-electron chi connectivity index (χ0n) is 15.8. The van der Waals surface area contributed by atoms with Crippen LogP contribution in [0.1, 0.15) is 17.3 Å². The number of benzene rings is 2. The van der Waals surface area contributed by atoms with Gasteiger partial charge in [-0.2, -0.15) is 0 Å². The molecule has 2 aromatic rings. The monoisotopic (exact) mass is 428 g/mol. The van der Waals surface area contributed by atoms with Gasteiger partial charge >= 0.3 is 0 Å². The van der Waals surface area contributed by atoms with Crippen LogP contribution in [0.4, 0.5) is 5.69 Å². The van der Waals surface area contributed by atoms with Gasteiger partial charge in [0, 0.05) is 18.7 Å². The molecule has 1 amide bonds. The molecular weight excluding hydrogens is 408 g/mol. The van der Waals surface area contributed by atoms with E-state index in [1.54, 1.807) is 6.92 Å². The minimum absolute atomic E-state index is 0.105. The Hall–Kier alpha value is -2.65. The quantitative estimate of drug-likeness (QED) is 0.670. The van der Waals surface area contributed by atoms with Gasteiger partial charge in [-0.05, 0) is 25.1 Å². The molecule has 0 unspecified atom stereocenters. The van der Waals surface area contributed by atoms with Gasteiger partial charge in [0.2, 0.25) is 0 Å². The van der Waals surface area contributed by atoms with Crippen LogP contribution in [-0.4, -0.2) is 42.2 Å². The van der Waals surface area contributed by atoms with Gasteiger partial charge in [-0.1, -0.05) is 11.6 Å². The molecule has 0 spiro atoms. The average molecular weight is 429 g/mol. The maximum absolute atomic E-state index is 12.9. The molecule has 152 valence electrons. The molecule has 28 heavy (non-hydrogen) atoms. The van der Waals surface area contributed by atoms with Gasteiger partial charge < -0.3 is 19.5 Å². The van der Waals surface area contributed by atoms with Crippen molar-refractivity contribution in [3.63, 3.8) is 0 Å². The lowest BCUT2D eigenvalue weighted by Gasteiger charge is -2.15. The fraction of sp³-hybridized carbons (Fsp3) is 0.278. The molecule has 0 aliphatic heterocycles. The number of halogens is 1. The van der Waals surface area contributed by atoms with Crippen molar-refractivity contribution in [3.8, 4) is 17.2 Å². The van der Waals surface area contributed by atoms with Gasteiger partial charge in [-0.25, -0.2) is 8.42 Å². The third kappa shape index (κ3) is 4.60. The number of hydrogen-bond donors (Lipinski definition) is 2. The van der Waals surface area contributed by atoms with Crippen molar-refractivity contribution in [2.45, 2.75) is 11.8 Å². The number of nitrogens with one attached hydrogen (secondary N) is 2. The van der Waals surface area contributed by atoms with Crippen molar-refractivity contribution < 1.29 is 27.4 Å². The van der Waals surface area contributed by atoms with Gasteiger partial charge in [-0.15, -0.1) is 0 Å². The van der Waals surface area contributed by atoms with E-state index in [9.17, 15) is 13.2 Å². The third-order valence-electron chi connectivity index (χ3n) is 3.78. The highest BCUT2D eigenvalue weighted by Gasteiger charge is 2.22. The first kappa shape index (κ1) is 21.6. The van der Waals surface area contributed by atoms with E-state index in [-0.39, 0.29) is 38.4 Å². The number of carbonyl (C=O) groups is 1. The number of anilines is 1. The van der Waals surface area contributed by atoms with Gasteiger partial charge in [0.15, 0.2) is 0 Å². The first-order valence-corrected chi connectivity index (χ1v) is 10.0. The molecule has 0 aromatic heterocycles.